The summed E-state index contributed by atoms with van der Waals surface area (Å²) in [5.41, 5.74) is 3.81. The Kier molecular flexibility index (Phi) is 13.8. The Hall–Kier alpha value is -1.71. The third-order valence-corrected chi connectivity index (χ3v) is 12.6. The predicted molar refractivity (Wildman–Crippen MR) is 195 cm³/mol. The predicted octanol–water partition coefficient (Wildman–Crippen LogP) is 2.37. The molecule has 2 aliphatic heterocycles. The van der Waals surface area contributed by atoms with Gasteiger partial charge in [-0.3, -0.25) is 19.3 Å². The summed E-state index contributed by atoms with van der Waals surface area (Å²) >= 11 is 0. The highest BCUT2D eigenvalue weighted by Crippen LogP contribution is 2.40. The molecule has 0 spiro atoms. The van der Waals surface area contributed by atoms with Crippen molar-refractivity contribution in [1.82, 2.24) is 20.0 Å². The average Bonchev–Trinajstić information content (AvgIpc) is 3.92. The second kappa shape index (κ2) is 16.8. The Morgan fingerprint density at radius 3 is 2.25 bits per heavy atom. The van der Waals surface area contributed by atoms with Gasteiger partial charge in [0.2, 0.25) is 5.91 Å². The number of Topliss-reactive ketones (excluding diaryl/α,β-unsaturated/α-hetero) is 1. The van der Waals surface area contributed by atoms with E-state index in [0.717, 1.165) is 38.5 Å². The van der Waals surface area contributed by atoms with E-state index < -0.39 is 47.1 Å². The number of amides is 1. The highest BCUT2D eigenvalue weighted by atomic mass is 16.7. The summed E-state index contributed by atoms with van der Waals surface area (Å²) in [6.45, 7) is 11.8. The first-order chi connectivity index (χ1) is 23.7. The van der Waals surface area contributed by atoms with Crippen molar-refractivity contribution < 1.29 is 38.4 Å². The minimum atomic E-state index is -1.52. The van der Waals surface area contributed by atoms with Crippen molar-refractivity contribution in [2.75, 3.05) is 55.0 Å². The number of hydrogen-bond donors (Lipinski definition) is 3. The molecule has 1 amide bonds. The van der Waals surface area contributed by atoms with Crippen molar-refractivity contribution in [3.05, 3.63) is 0 Å². The van der Waals surface area contributed by atoms with Crippen molar-refractivity contribution in [3.8, 4) is 0 Å². The number of ether oxygens (including phenoxy) is 4. The number of esters is 1. The van der Waals surface area contributed by atoms with Gasteiger partial charge >= 0.3 is 5.97 Å². The molecule has 13 nitrogen and oxygen atoms in total. The molecule has 2 saturated carbocycles. The fourth-order valence-electron chi connectivity index (χ4n) is 8.82. The Labute approximate surface area is 306 Å². The van der Waals surface area contributed by atoms with Crippen LogP contribution < -0.4 is 11.1 Å². The standard InChI is InChI=1S/C38H69N5O8/c1-23-19-37(6,48-11)33(51-34-31(45)29(41(7)8)18-24(2)50-34)25(3)32(46)36(4,5)35(47)49-22-38(39,42(9)21-23)26-12-16-28(17-13-26)43(10)30(44)20-40-27-14-15-27/h23-29,31,33-34,40,45H,12-22,39H2,1-11H3/t23-,24-,25+,26-,28-,29+,31-,33-,34+,37-,38-/m1/s1. The van der Waals surface area contributed by atoms with Gasteiger partial charge in [0.25, 0.3) is 0 Å². The molecule has 13 heteroatoms. The normalized spacial score (nSPS) is 40.5. The third kappa shape index (κ3) is 9.51. The topological polar surface area (TPSA) is 156 Å². The van der Waals surface area contributed by atoms with Gasteiger partial charge in [-0.05, 0) is 112 Å². The molecule has 4 N–H and O–H groups in total. The molecule has 0 bridgehead atoms. The van der Waals surface area contributed by atoms with Gasteiger partial charge in [0, 0.05) is 44.7 Å². The Morgan fingerprint density at radius 1 is 1.06 bits per heavy atom. The van der Waals surface area contributed by atoms with Gasteiger partial charge in [-0.1, -0.05) is 13.8 Å². The molecule has 2 saturated heterocycles. The summed E-state index contributed by atoms with van der Waals surface area (Å²) in [6, 6.07) is 0.397. The molecule has 0 aromatic rings. The first kappa shape index (κ1) is 42.0. The third-order valence-electron chi connectivity index (χ3n) is 12.6. The fourth-order valence-corrected chi connectivity index (χ4v) is 8.82. The number of hydrogen-bond acceptors (Lipinski definition) is 12. The zero-order valence-electron chi connectivity index (χ0n) is 33.3. The van der Waals surface area contributed by atoms with Gasteiger partial charge < -0.3 is 44.9 Å². The summed E-state index contributed by atoms with van der Waals surface area (Å²) in [5, 5.41) is 14.7. The van der Waals surface area contributed by atoms with Crippen LogP contribution in [0.4, 0.5) is 0 Å². The Bertz CT molecular complexity index is 1210. The first-order valence-corrected chi connectivity index (χ1v) is 19.2. The number of nitrogens with two attached hydrogens (primary N) is 1. The summed E-state index contributed by atoms with van der Waals surface area (Å²) in [5.74, 6) is -1.69. The second-order valence-corrected chi connectivity index (χ2v) is 17.3. The molecule has 2 aliphatic carbocycles. The molecule has 51 heavy (non-hydrogen) atoms. The zero-order chi connectivity index (χ0) is 38.1. The van der Waals surface area contributed by atoms with Crippen LogP contribution in [0.25, 0.3) is 0 Å². The smallest absolute Gasteiger partial charge is 0.319 e. The van der Waals surface area contributed by atoms with E-state index >= 15 is 0 Å². The van der Waals surface area contributed by atoms with Gasteiger partial charge in [0.15, 0.2) is 12.1 Å². The maximum absolute atomic E-state index is 14.4. The summed E-state index contributed by atoms with van der Waals surface area (Å²) in [6.07, 6.45) is 3.54. The number of aliphatic hydroxyl groups is 1. The number of aliphatic hydroxyl groups excluding tert-OH is 1. The van der Waals surface area contributed by atoms with Crippen molar-refractivity contribution in [3.63, 3.8) is 0 Å². The zero-order valence-corrected chi connectivity index (χ0v) is 33.3. The van der Waals surface area contributed by atoms with Crippen LogP contribution >= 0.6 is 0 Å². The molecule has 294 valence electrons. The molecular formula is C38H69N5O8. The van der Waals surface area contributed by atoms with E-state index in [2.05, 4.69) is 17.1 Å². The molecule has 0 unspecified atom stereocenters. The number of carbonyl (C=O) groups is 3. The van der Waals surface area contributed by atoms with E-state index in [0.29, 0.717) is 32.0 Å². The molecule has 4 aliphatic rings. The van der Waals surface area contributed by atoms with Gasteiger partial charge in [0.05, 0.1) is 24.4 Å². The van der Waals surface area contributed by atoms with Crippen molar-refractivity contribution in [1.29, 1.82) is 0 Å². The van der Waals surface area contributed by atoms with Crippen molar-refractivity contribution in [2.45, 2.75) is 147 Å². The molecular weight excluding hydrogens is 654 g/mol. The van der Waals surface area contributed by atoms with Gasteiger partial charge in [-0.2, -0.15) is 0 Å². The van der Waals surface area contributed by atoms with Crippen LogP contribution in [0.2, 0.25) is 0 Å². The molecule has 4 fully saturated rings. The lowest BCUT2D eigenvalue weighted by atomic mass is 9.74. The second-order valence-electron chi connectivity index (χ2n) is 17.3. The quantitative estimate of drug-likeness (QED) is 0.236. The Balaban J connectivity index is 1.58. The van der Waals surface area contributed by atoms with Crippen LogP contribution in [-0.4, -0.2) is 146 Å². The Morgan fingerprint density at radius 2 is 1.69 bits per heavy atom. The fraction of sp³-hybridized carbons (Fsp3) is 0.921. The number of methoxy groups -OCH3 is 1. The van der Waals surface area contributed by atoms with Crippen LogP contribution in [0.15, 0.2) is 0 Å². The lowest BCUT2D eigenvalue weighted by Gasteiger charge is -2.48. The van der Waals surface area contributed by atoms with Crippen LogP contribution in [0.1, 0.15) is 92.9 Å². The van der Waals surface area contributed by atoms with E-state index in [1.54, 1.807) is 27.9 Å². The molecule has 9 atom stereocenters. The highest BCUT2D eigenvalue weighted by Gasteiger charge is 2.53. The number of nitrogens with one attached hydrogen (secondary N) is 1. The lowest BCUT2D eigenvalue weighted by molar-refractivity contribution is -0.295. The molecule has 0 aromatic carbocycles. The number of nitrogens with zero attached hydrogens (tertiary/aromatic N) is 3. The highest BCUT2D eigenvalue weighted by molar-refractivity contribution is 6.04. The van der Waals surface area contributed by atoms with Gasteiger partial charge in [-0.15, -0.1) is 0 Å². The number of carbonyl (C=O) groups excluding carboxylic acids is 3. The molecule has 0 aromatic heterocycles. The summed E-state index contributed by atoms with van der Waals surface area (Å²) < 4.78 is 25.1. The molecule has 0 radical (unpaired) electrons. The largest absolute Gasteiger partial charge is 0.462 e. The van der Waals surface area contributed by atoms with E-state index in [1.165, 1.54) is 0 Å². The minimum absolute atomic E-state index is 0.00355. The van der Waals surface area contributed by atoms with E-state index in [-0.39, 0.29) is 48.3 Å². The summed E-state index contributed by atoms with van der Waals surface area (Å²) in [4.78, 5) is 47.1. The van der Waals surface area contributed by atoms with Crippen LogP contribution in [0.3, 0.4) is 0 Å². The SMILES string of the molecule is CO[C@]1(C)C[C@@H](C)CN(C)[C@@](N)([C@H]2CC[C@H](N(C)C(=O)CNC3CC3)CC2)COC(=O)C(C)(C)C(=O)[C@H](C)[C@H]1O[C@@H]1O[C@H](C)C[C@H](N(C)C)[C@H]1O. The van der Waals surface area contributed by atoms with Gasteiger partial charge in [-0.25, -0.2) is 0 Å². The molecule has 2 heterocycles. The number of cyclic esters (lactones) is 1. The maximum atomic E-state index is 14.4. The van der Waals surface area contributed by atoms with Gasteiger partial charge in [0.1, 0.15) is 23.8 Å². The van der Waals surface area contributed by atoms with Crippen molar-refractivity contribution in [2.24, 2.45) is 28.9 Å². The average molecular weight is 724 g/mol. The number of likely N-dealkylation sites (N-methyl/N-ethyl adjacent to an activating group) is 3. The van der Waals surface area contributed by atoms with E-state index in [4.69, 9.17) is 24.7 Å². The first-order valence-electron chi connectivity index (χ1n) is 19.2. The molecule has 4 rings (SSSR count). The van der Waals surface area contributed by atoms with E-state index in [1.807, 2.05) is 51.8 Å². The number of ketones is 1. The van der Waals surface area contributed by atoms with Crippen molar-refractivity contribution >= 4 is 17.7 Å². The minimum Gasteiger partial charge on any atom is -0.462 e. The maximum Gasteiger partial charge on any atom is 0.319 e. The van der Waals surface area contributed by atoms with Crippen LogP contribution in [0, 0.1) is 23.2 Å². The number of rotatable bonds is 9. The lowest BCUT2D eigenvalue weighted by Crippen LogP contribution is -2.64. The summed E-state index contributed by atoms with van der Waals surface area (Å²) in [7, 11) is 9.30. The monoisotopic (exact) mass is 724 g/mol. The van der Waals surface area contributed by atoms with Crippen LogP contribution in [-0.2, 0) is 33.3 Å². The van der Waals surface area contributed by atoms with E-state index in [9.17, 15) is 19.5 Å². The van der Waals surface area contributed by atoms with Crippen LogP contribution in [0.5, 0.6) is 0 Å².